The molecule has 0 saturated heterocycles. The van der Waals surface area contributed by atoms with Gasteiger partial charge in [0.05, 0.1) is 10.6 Å². The van der Waals surface area contributed by atoms with Crippen LogP contribution in [0.3, 0.4) is 0 Å². The third kappa shape index (κ3) is 4.14. The first-order valence-electron chi connectivity index (χ1n) is 6.25. The van der Waals surface area contributed by atoms with Crippen molar-refractivity contribution in [2.24, 2.45) is 0 Å². The first kappa shape index (κ1) is 14.7. The van der Waals surface area contributed by atoms with Gasteiger partial charge in [-0.3, -0.25) is 14.9 Å². The van der Waals surface area contributed by atoms with Crippen molar-refractivity contribution in [3.05, 3.63) is 33.5 Å². The molecule has 5 nitrogen and oxygen atoms in total. The highest BCUT2D eigenvalue weighted by atomic mass is 32.1. The number of hydrogen-bond acceptors (Lipinski definition) is 5. The fourth-order valence-electron chi connectivity index (χ4n) is 1.57. The molecule has 0 aliphatic carbocycles. The fraction of sp³-hybridized carbons (Fsp3) is 0.308. The SMILES string of the molecule is CCNC(=O)CCc1csc(NC(=O)c2cccs2)n1. The van der Waals surface area contributed by atoms with Crippen LogP contribution in [-0.4, -0.2) is 23.3 Å². The maximum Gasteiger partial charge on any atom is 0.267 e. The van der Waals surface area contributed by atoms with Gasteiger partial charge in [0.1, 0.15) is 0 Å². The van der Waals surface area contributed by atoms with Crippen molar-refractivity contribution in [3.8, 4) is 0 Å². The molecular weight excluding hydrogens is 294 g/mol. The molecule has 2 amide bonds. The largest absolute Gasteiger partial charge is 0.356 e. The van der Waals surface area contributed by atoms with Crippen LogP contribution in [0.2, 0.25) is 0 Å². The summed E-state index contributed by atoms with van der Waals surface area (Å²) >= 11 is 2.76. The maximum atomic E-state index is 11.8. The number of thiophene rings is 1. The number of nitrogens with one attached hydrogen (secondary N) is 2. The number of rotatable bonds is 6. The van der Waals surface area contributed by atoms with E-state index in [0.29, 0.717) is 29.4 Å². The highest BCUT2D eigenvalue weighted by molar-refractivity contribution is 7.14. The summed E-state index contributed by atoms with van der Waals surface area (Å²) in [6.45, 7) is 2.52. The maximum absolute atomic E-state index is 11.8. The number of nitrogens with zero attached hydrogens (tertiary/aromatic N) is 1. The minimum Gasteiger partial charge on any atom is -0.356 e. The van der Waals surface area contributed by atoms with Crippen LogP contribution >= 0.6 is 22.7 Å². The van der Waals surface area contributed by atoms with Crippen LogP contribution in [0.15, 0.2) is 22.9 Å². The Morgan fingerprint density at radius 2 is 2.20 bits per heavy atom. The molecule has 0 bridgehead atoms. The van der Waals surface area contributed by atoms with E-state index in [-0.39, 0.29) is 11.8 Å². The van der Waals surface area contributed by atoms with E-state index < -0.39 is 0 Å². The van der Waals surface area contributed by atoms with Gasteiger partial charge in [0.25, 0.3) is 5.91 Å². The average Bonchev–Trinajstić information content (AvgIpc) is 3.08. The van der Waals surface area contributed by atoms with E-state index in [4.69, 9.17) is 0 Å². The highest BCUT2D eigenvalue weighted by Gasteiger charge is 2.10. The lowest BCUT2D eigenvalue weighted by Crippen LogP contribution is -2.22. The molecule has 0 fully saturated rings. The summed E-state index contributed by atoms with van der Waals surface area (Å²) in [6, 6.07) is 3.60. The van der Waals surface area contributed by atoms with Crippen LogP contribution in [0, 0.1) is 0 Å². The molecule has 0 saturated carbocycles. The quantitative estimate of drug-likeness (QED) is 0.861. The molecule has 2 heterocycles. The van der Waals surface area contributed by atoms with E-state index in [1.165, 1.54) is 22.7 Å². The van der Waals surface area contributed by atoms with Gasteiger partial charge < -0.3 is 5.32 Å². The second kappa shape index (κ2) is 7.16. The number of anilines is 1. The number of aryl methyl sites for hydroxylation is 1. The first-order chi connectivity index (χ1) is 9.69. The van der Waals surface area contributed by atoms with Crippen molar-refractivity contribution in [1.82, 2.24) is 10.3 Å². The standard InChI is InChI=1S/C13H15N3O2S2/c1-2-14-11(17)6-5-9-8-20-13(15-9)16-12(18)10-4-3-7-19-10/h3-4,7-8H,2,5-6H2,1H3,(H,14,17)(H,15,16,18). The molecule has 0 aliphatic heterocycles. The Bertz CT molecular complexity index is 578. The predicted octanol–water partition coefficient (Wildman–Crippen LogP) is 2.53. The molecule has 0 radical (unpaired) electrons. The lowest BCUT2D eigenvalue weighted by atomic mass is 10.2. The number of thiazole rings is 1. The molecule has 0 aromatic carbocycles. The predicted molar refractivity (Wildman–Crippen MR) is 81.4 cm³/mol. The topological polar surface area (TPSA) is 71.1 Å². The van der Waals surface area contributed by atoms with Gasteiger partial charge in [-0.15, -0.1) is 22.7 Å². The van der Waals surface area contributed by atoms with Crippen LogP contribution in [0.4, 0.5) is 5.13 Å². The molecule has 2 aromatic rings. The minimum atomic E-state index is -0.148. The number of hydrogen-bond donors (Lipinski definition) is 2. The molecule has 0 spiro atoms. The molecule has 20 heavy (non-hydrogen) atoms. The molecule has 7 heteroatoms. The van der Waals surface area contributed by atoms with Crippen LogP contribution in [0.1, 0.15) is 28.7 Å². The van der Waals surface area contributed by atoms with E-state index in [2.05, 4.69) is 15.6 Å². The van der Waals surface area contributed by atoms with E-state index in [1.54, 1.807) is 6.07 Å². The molecule has 2 aromatic heterocycles. The Balaban J connectivity index is 1.86. The summed E-state index contributed by atoms with van der Waals surface area (Å²) in [7, 11) is 0. The summed E-state index contributed by atoms with van der Waals surface area (Å²) in [5.41, 5.74) is 0.822. The van der Waals surface area contributed by atoms with Gasteiger partial charge in [0.2, 0.25) is 5.91 Å². The second-order valence-corrected chi connectivity index (χ2v) is 5.83. The molecule has 0 unspecified atom stereocenters. The number of carbonyl (C=O) groups is 2. The van der Waals surface area contributed by atoms with Crippen molar-refractivity contribution < 1.29 is 9.59 Å². The van der Waals surface area contributed by atoms with Gasteiger partial charge in [0.15, 0.2) is 5.13 Å². The number of amides is 2. The van der Waals surface area contributed by atoms with Gasteiger partial charge in [-0.25, -0.2) is 4.98 Å². The minimum absolute atomic E-state index is 0.0182. The molecule has 0 aliphatic rings. The zero-order valence-corrected chi connectivity index (χ0v) is 12.6. The molecular formula is C13H15N3O2S2. The smallest absolute Gasteiger partial charge is 0.267 e. The Kier molecular flexibility index (Phi) is 5.25. The van der Waals surface area contributed by atoms with Crippen LogP contribution < -0.4 is 10.6 Å². The Morgan fingerprint density at radius 1 is 1.35 bits per heavy atom. The Morgan fingerprint density at radius 3 is 2.90 bits per heavy atom. The van der Waals surface area contributed by atoms with E-state index in [9.17, 15) is 9.59 Å². The van der Waals surface area contributed by atoms with E-state index >= 15 is 0 Å². The molecule has 2 rings (SSSR count). The number of carbonyl (C=O) groups excluding carboxylic acids is 2. The van der Waals surface area contributed by atoms with Crippen molar-refractivity contribution in [3.63, 3.8) is 0 Å². The molecule has 2 N–H and O–H groups in total. The van der Waals surface area contributed by atoms with Gasteiger partial charge in [-0.05, 0) is 24.8 Å². The van der Waals surface area contributed by atoms with Crippen LogP contribution in [0.5, 0.6) is 0 Å². The highest BCUT2D eigenvalue weighted by Crippen LogP contribution is 2.18. The first-order valence-corrected chi connectivity index (χ1v) is 8.01. The van der Waals surface area contributed by atoms with Gasteiger partial charge in [0, 0.05) is 18.3 Å². The number of aromatic nitrogens is 1. The Labute approximate surface area is 125 Å². The molecule has 106 valence electrons. The summed E-state index contributed by atoms with van der Waals surface area (Å²) in [5, 5.41) is 9.78. The fourth-order valence-corrected chi connectivity index (χ4v) is 2.93. The van der Waals surface area contributed by atoms with Crippen LogP contribution in [0.25, 0.3) is 0 Å². The summed E-state index contributed by atoms with van der Waals surface area (Å²) in [6.07, 6.45) is 0.993. The monoisotopic (exact) mass is 309 g/mol. The second-order valence-electron chi connectivity index (χ2n) is 4.03. The molecule has 0 atom stereocenters. The lowest BCUT2D eigenvalue weighted by Gasteiger charge is -2.00. The van der Waals surface area contributed by atoms with Crippen molar-refractivity contribution in [2.75, 3.05) is 11.9 Å². The zero-order valence-electron chi connectivity index (χ0n) is 11.0. The average molecular weight is 309 g/mol. The zero-order chi connectivity index (χ0) is 14.4. The van der Waals surface area contributed by atoms with Gasteiger partial charge in [-0.1, -0.05) is 6.07 Å². The van der Waals surface area contributed by atoms with Crippen molar-refractivity contribution >= 4 is 39.6 Å². The van der Waals surface area contributed by atoms with Gasteiger partial charge >= 0.3 is 0 Å². The normalized spacial score (nSPS) is 10.2. The summed E-state index contributed by atoms with van der Waals surface area (Å²) in [5.74, 6) is -0.130. The summed E-state index contributed by atoms with van der Waals surface area (Å²) in [4.78, 5) is 28.2. The lowest BCUT2D eigenvalue weighted by molar-refractivity contribution is -0.120. The Hall–Kier alpha value is -1.73. The van der Waals surface area contributed by atoms with Crippen molar-refractivity contribution in [1.29, 1.82) is 0 Å². The van der Waals surface area contributed by atoms with Crippen LogP contribution in [-0.2, 0) is 11.2 Å². The third-order valence-electron chi connectivity index (χ3n) is 2.50. The third-order valence-corrected chi connectivity index (χ3v) is 4.17. The summed E-state index contributed by atoms with van der Waals surface area (Å²) < 4.78 is 0. The van der Waals surface area contributed by atoms with E-state index in [0.717, 1.165) is 5.69 Å². The van der Waals surface area contributed by atoms with Crippen molar-refractivity contribution in [2.45, 2.75) is 19.8 Å². The van der Waals surface area contributed by atoms with E-state index in [1.807, 2.05) is 23.8 Å². The van der Waals surface area contributed by atoms with Gasteiger partial charge in [-0.2, -0.15) is 0 Å².